The van der Waals surface area contributed by atoms with E-state index in [1.807, 2.05) is 0 Å². The third-order valence-corrected chi connectivity index (χ3v) is 6.52. The first kappa shape index (κ1) is 20.8. The molecule has 2 aromatic rings. The number of halogens is 2. The molecule has 2 aromatic carbocycles. The molecule has 8 heteroatoms. The van der Waals surface area contributed by atoms with Gasteiger partial charge in [-0.1, -0.05) is 43.4 Å². The largest absolute Gasteiger partial charge is 0.319 e. The molecule has 1 aliphatic rings. The van der Waals surface area contributed by atoms with Crippen molar-refractivity contribution >= 4 is 33.2 Å². The highest BCUT2D eigenvalue weighted by atomic mass is 35.5. The minimum Gasteiger partial charge on any atom is -0.319 e. The van der Waals surface area contributed by atoms with Gasteiger partial charge in [0.1, 0.15) is 5.82 Å². The van der Waals surface area contributed by atoms with Gasteiger partial charge >= 0.3 is 0 Å². The SMILES string of the molecule is O=C(Nc1ccc(S(=O)(=O)NC2CCCCCC2)cc1F)c1cccc(Cl)c1. The van der Waals surface area contributed by atoms with Crippen molar-refractivity contribution in [2.45, 2.75) is 49.5 Å². The smallest absolute Gasteiger partial charge is 0.255 e. The molecule has 0 spiro atoms. The molecule has 3 rings (SSSR count). The van der Waals surface area contributed by atoms with E-state index in [-0.39, 0.29) is 22.2 Å². The summed E-state index contributed by atoms with van der Waals surface area (Å²) in [5.74, 6) is -1.35. The molecule has 0 heterocycles. The van der Waals surface area contributed by atoms with Crippen LogP contribution in [0.15, 0.2) is 47.4 Å². The van der Waals surface area contributed by atoms with Gasteiger partial charge in [-0.25, -0.2) is 17.5 Å². The molecule has 0 saturated heterocycles. The first-order valence-electron chi connectivity index (χ1n) is 9.24. The van der Waals surface area contributed by atoms with Crippen molar-refractivity contribution in [3.63, 3.8) is 0 Å². The number of carbonyl (C=O) groups excluding carboxylic acids is 1. The number of anilines is 1. The molecule has 0 bridgehead atoms. The van der Waals surface area contributed by atoms with Crippen LogP contribution in [0.5, 0.6) is 0 Å². The zero-order chi connectivity index (χ0) is 20.1. The average Bonchev–Trinajstić information content (AvgIpc) is 2.91. The second kappa shape index (κ2) is 9.03. The van der Waals surface area contributed by atoms with E-state index in [9.17, 15) is 17.6 Å². The Morgan fingerprint density at radius 1 is 1.04 bits per heavy atom. The molecule has 1 amide bonds. The number of carbonyl (C=O) groups is 1. The van der Waals surface area contributed by atoms with Crippen LogP contribution in [0.3, 0.4) is 0 Å². The van der Waals surface area contributed by atoms with Gasteiger partial charge in [0.05, 0.1) is 10.6 Å². The van der Waals surface area contributed by atoms with Crippen LogP contribution in [0.2, 0.25) is 5.02 Å². The number of amides is 1. The second-order valence-corrected chi connectivity index (χ2v) is 9.07. The second-order valence-electron chi connectivity index (χ2n) is 6.92. The molecule has 28 heavy (non-hydrogen) atoms. The number of benzene rings is 2. The van der Waals surface area contributed by atoms with Gasteiger partial charge in [-0.15, -0.1) is 0 Å². The maximum Gasteiger partial charge on any atom is 0.255 e. The van der Waals surface area contributed by atoms with Crippen LogP contribution in [0.1, 0.15) is 48.9 Å². The van der Waals surface area contributed by atoms with Crippen molar-refractivity contribution in [3.8, 4) is 0 Å². The van der Waals surface area contributed by atoms with Crippen molar-refractivity contribution in [2.75, 3.05) is 5.32 Å². The molecule has 1 aliphatic carbocycles. The molecular formula is C20H22ClFN2O3S. The fourth-order valence-corrected chi connectivity index (χ4v) is 4.78. The van der Waals surface area contributed by atoms with Crippen LogP contribution in [0.4, 0.5) is 10.1 Å². The molecule has 1 fully saturated rings. The van der Waals surface area contributed by atoms with Crippen molar-refractivity contribution in [1.82, 2.24) is 4.72 Å². The summed E-state index contributed by atoms with van der Waals surface area (Å²) in [6.07, 6.45) is 5.75. The lowest BCUT2D eigenvalue weighted by atomic mass is 10.1. The quantitative estimate of drug-likeness (QED) is 0.681. The highest BCUT2D eigenvalue weighted by Crippen LogP contribution is 2.23. The summed E-state index contributed by atoms with van der Waals surface area (Å²) in [5.41, 5.74) is 0.178. The average molecular weight is 425 g/mol. The first-order chi connectivity index (χ1) is 13.3. The van der Waals surface area contributed by atoms with Crippen LogP contribution in [0.25, 0.3) is 0 Å². The Morgan fingerprint density at radius 2 is 1.75 bits per heavy atom. The Hall–Kier alpha value is -1.96. The van der Waals surface area contributed by atoms with Crippen LogP contribution in [-0.2, 0) is 10.0 Å². The highest BCUT2D eigenvalue weighted by Gasteiger charge is 2.22. The molecule has 0 aromatic heterocycles. The Kier molecular flexibility index (Phi) is 6.69. The van der Waals surface area contributed by atoms with Crippen molar-refractivity contribution in [1.29, 1.82) is 0 Å². The summed E-state index contributed by atoms with van der Waals surface area (Å²) < 4.78 is 42.3. The predicted octanol–water partition coefficient (Wildman–Crippen LogP) is 4.73. The normalized spacial score (nSPS) is 15.8. The van der Waals surface area contributed by atoms with Gasteiger partial charge in [0, 0.05) is 16.6 Å². The van der Waals surface area contributed by atoms with Crippen LogP contribution in [0, 0.1) is 5.82 Å². The fraction of sp³-hybridized carbons (Fsp3) is 0.350. The molecule has 2 N–H and O–H groups in total. The lowest BCUT2D eigenvalue weighted by molar-refractivity contribution is 0.102. The monoisotopic (exact) mass is 424 g/mol. The molecule has 5 nitrogen and oxygen atoms in total. The summed E-state index contributed by atoms with van der Waals surface area (Å²) >= 11 is 5.86. The predicted molar refractivity (Wildman–Crippen MR) is 108 cm³/mol. The molecule has 1 saturated carbocycles. The third kappa shape index (κ3) is 5.31. The minimum absolute atomic E-state index is 0.0987. The van der Waals surface area contributed by atoms with Gasteiger partial charge in [-0.3, -0.25) is 4.79 Å². The highest BCUT2D eigenvalue weighted by molar-refractivity contribution is 7.89. The number of hydrogen-bond acceptors (Lipinski definition) is 3. The summed E-state index contributed by atoms with van der Waals surface area (Å²) in [4.78, 5) is 12.1. The Labute approximate surface area is 169 Å². The molecule has 150 valence electrons. The Balaban J connectivity index is 1.73. The number of rotatable bonds is 5. The lowest BCUT2D eigenvalue weighted by Crippen LogP contribution is -2.34. The number of sulfonamides is 1. The third-order valence-electron chi connectivity index (χ3n) is 4.76. The molecule has 0 aliphatic heterocycles. The first-order valence-corrected chi connectivity index (χ1v) is 11.1. The number of nitrogens with one attached hydrogen (secondary N) is 2. The van der Waals surface area contributed by atoms with Gasteiger partial charge in [0.2, 0.25) is 10.0 Å². The Bertz CT molecular complexity index is 958. The Morgan fingerprint density at radius 3 is 2.39 bits per heavy atom. The minimum atomic E-state index is -3.82. The van der Waals surface area contributed by atoms with Crippen molar-refractivity contribution < 1.29 is 17.6 Å². The summed E-state index contributed by atoms with van der Waals surface area (Å²) in [5, 5.41) is 2.82. The maximum atomic E-state index is 14.4. The molecule has 0 unspecified atom stereocenters. The van der Waals surface area contributed by atoms with E-state index in [0.717, 1.165) is 44.6 Å². The van der Waals surface area contributed by atoms with Crippen LogP contribution >= 0.6 is 11.6 Å². The van der Waals surface area contributed by atoms with Gasteiger partial charge in [0.25, 0.3) is 5.91 Å². The molecular weight excluding hydrogens is 403 g/mol. The van der Waals surface area contributed by atoms with E-state index >= 15 is 0 Å². The van der Waals surface area contributed by atoms with E-state index in [1.165, 1.54) is 18.2 Å². The molecule has 0 radical (unpaired) electrons. The van der Waals surface area contributed by atoms with Crippen LogP contribution < -0.4 is 10.0 Å². The van der Waals surface area contributed by atoms with E-state index < -0.39 is 21.7 Å². The maximum absolute atomic E-state index is 14.4. The fourth-order valence-electron chi connectivity index (χ4n) is 3.27. The van der Waals surface area contributed by atoms with Crippen molar-refractivity contribution in [3.05, 3.63) is 58.9 Å². The van der Waals surface area contributed by atoms with E-state index in [0.29, 0.717) is 5.02 Å². The zero-order valence-corrected chi connectivity index (χ0v) is 16.8. The molecule has 0 atom stereocenters. The van der Waals surface area contributed by atoms with E-state index in [1.54, 1.807) is 18.2 Å². The van der Waals surface area contributed by atoms with Gasteiger partial charge < -0.3 is 5.32 Å². The van der Waals surface area contributed by atoms with Crippen molar-refractivity contribution in [2.24, 2.45) is 0 Å². The topological polar surface area (TPSA) is 75.3 Å². The zero-order valence-electron chi connectivity index (χ0n) is 15.3. The summed E-state index contributed by atoms with van der Waals surface area (Å²) in [6.45, 7) is 0. The van der Waals surface area contributed by atoms with E-state index in [2.05, 4.69) is 10.0 Å². The standard InChI is InChI=1S/C20H22ClFN2O3S/c21-15-7-5-6-14(12-15)20(25)23-19-11-10-17(13-18(19)22)28(26,27)24-16-8-3-1-2-4-9-16/h5-7,10-13,16,24H,1-4,8-9H2,(H,23,25). The lowest BCUT2D eigenvalue weighted by Gasteiger charge is -2.17. The van der Waals surface area contributed by atoms with Gasteiger partial charge in [-0.2, -0.15) is 0 Å². The van der Waals surface area contributed by atoms with Gasteiger partial charge in [-0.05, 0) is 49.2 Å². The van der Waals surface area contributed by atoms with E-state index in [4.69, 9.17) is 11.6 Å². The summed E-state index contributed by atoms with van der Waals surface area (Å²) in [7, 11) is -3.82. The van der Waals surface area contributed by atoms with Gasteiger partial charge in [0.15, 0.2) is 0 Å². The van der Waals surface area contributed by atoms with Crippen LogP contribution in [-0.4, -0.2) is 20.4 Å². The number of hydrogen-bond donors (Lipinski definition) is 2. The summed E-state index contributed by atoms with van der Waals surface area (Å²) in [6, 6.07) is 9.58.